The van der Waals surface area contributed by atoms with E-state index in [2.05, 4.69) is 10.1 Å². The van der Waals surface area contributed by atoms with Crippen molar-refractivity contribution in [3.8, 4) is 0 Å². The molecule has 2 aromatic heterocycles. The number of aromatic nitrogens is 3. The Morgan fingerprint density at radius 1 is 1.38 bits per heavy atom. The van der Waals surface area contributed by atoms with Crippen LogP contribution in [-0.2, 0) is 9.53 Å². The molecule has 1 saturated heterocycles. The third-order valence-corrected chi connectivity index (χ3v) is 4.11. The first-order valence-corrected chi connectivity index (χ1v) is 7.83. The van der Waals surface area contributed by atoms with Crippen LogP contribution in [-0.4, -0.2) is 62.3 Å². The number of amides is 1. The fourth-order valence-electron chi connectivity index (χ4n) is 3.06. The van der Waals surface area contributed by atoms with Crippen LogP contribution in [0.25, 0.3) is 5.65 Å². The number of ether oxygens (including phenoxy) is 1. The van der Waals surface area contributed by atoms with E-state index in [-0.39, 0.29) is 18.9 Å². The molecule has 3 rings (SSSR count). The Bertz CT molecular complexity index is 814. The van der Waals surface area contributed by atoms with Crippen LogP contribution in [0.15, 0.2) is 6.07 Å². The third-order valence-electron chi connectivity index (χ3n) is 4.11. The molecule has 0 aromatic carbocycles. The summed E-state index contributed by atoms with van der Waals surface area (Å²) in [7, 11) is 0. The van der Waals surface area contributed by atoms with Gasteiger partial charge in [-0.25, -0.2) is 9.50 Å². The monoisotopic (exact) mass is 332 g/mol. The van der Waals surface area contributed by atoms with E-state index in [1.54, 1.807) is 16.3 Å². The maximum absolute atomic E-state index is 13.0. The maximum atomic E-state index is 13.0. The van der Waals surface area contributed by atoms with E-state index in [0.29, 0.717) is 30.1 Å². The molecule has 1 fully saturated rings. The Kier molecular flexibility index (Phi) is 4.23. The summed E-state index contributed by atoms with van der Waals surface area (Å²) in [4.78, 5) is 29.9. The quantitative estimate of drug-likeness (QED) is 0.899. The summed E-state index contributed by atoms with van der Waals surface area (Å²) in [6, 6.07) is 1.91. The van der Waals surface area contributed by atoms with Crippen molar-refractivity contribution in [1.29, 1.82) is 0 Å². The molecule has 1 amide bonds. The molecule has 8 nitrogen and oxygen atoms in total. The van der Waals surface area contributed by atoms with Gasteiger partial charge in [-0.3, -0.25) is 9.59 Å². The minimum Gasteiger partial charge on any atom is -0.481 e. The fraction of sp³-hybridized carbons (Fsp3) is 0.500. The average molecular weight is 332 g/mol. The molecule has 3 heterocycles. The number of rotatable bonds is 3. The van der Waals surface area contributed by atoms with E-state index >= 15 is 0 Å². The molecule has 1 atom stereocenters. The van der Waals surface area contributed by atoms with Gasteiger partial charge in [0.05, 0.1) is 24.8 Å². The molecule has 8 heteroatoms. The molecule has 1 N–H and O–H groups in total. The number of aryl methyl sites for hydroxylation is 3. The van der Waals surface area contributed by atoms with Gasteiger partial charge in [0.2, 0.25) is 0 Å². The van der Waals surface area contributed by atoms with E-state index < -0.39 is 12.1 Å². The number of aliphatic carboxylic acids is 1. The third kappa shape index (κ3) is 2.96. The number of nitrogens with zero attached hydrogens (tertiary/aromatic N) is 4. The summed E-state index contributed by atoms with van der Waals surface area (Å²) in [6.07, 6.45) is -0.604. The van der Waals surface area contributed by atoms with Gasteiger partial charge in [0.1, 0.15) is 5.56 Å². The minimum absolute atomic E-state index is 0.117. The molecule has 1 unspecified atom stereocenters. The lowest BCUT2D eigenvalue weighted by molar-refractivity contribution is -0.141. The van der Waals surface area contributed by atoms with Gasteiger partial charge in [0.25, 0.3) is 5.91 Å². The number of fused-ring (bicyclic) bond motifs is 1. The van der Waals surface area contributed by atoms with Crippen molar-refractivity contribution in [3.05, 3.63) is 28.7 Å². The molecular weight excluding hydrogens is 312 g/mol. The largest absolute Gasteiger partial charge is 0.481 e. The molecule has 0 saturated carbocycles. The van der Waals surface area contributed by atoms with Crippen LogP contribution in [0.5, 0.6) is 0 Å². The molecule has 0 radical (unpaired) electrons. The predicted octanol–water partition coefficient (Wildman–Crippen LogP) is 0.970. The normalized spacial score (nSPS) is 18.1. The van der Waals surface area contributed by atoms with Gasteiger partial charge in [-0.15, -0.1) is 0 Å². The molecule has 1 aliphatic rings. The zero-order valence-corrected chi connectivity index (χ0v) is 13.9. The fourth-order valence-corrected chi connectivity index (χ4v) is 3.06. The Balaban J connectivity index is 1.94. The number of hydrogen-bond donors (Lipinski definition) is 1. The molecule has 2 aromatic rings. The molecule has 128 valence electrons. The molecule has 24 heavy (non-hydrogen) atoms. The van der Waals surface area contributed by atoms with Crippen LogP contribution in [0, 0.1) is 20.8 Å². The SMILES string of the molecule is Cc1cc(C)n2nc(C)c(C(=O)N3CCOC(CC(=O)O)C3)c2n1. The second kappa shape index (κ2) is 6.20. The number of morpholine rings is 1. The Labute approximate surface area is 139 Å². The molecular formula is C16H20N4O4. The number of carbonyl (C=O) groups excluding carboxylic acids is 1. The highest BCUT2D eigenvalue weighted by atomic mass is 16.5. The van der Waals surface area contributed by atoms with Crippen LogP contribution in [0.3, 0.4) is 0 Å². The molecule has 0 spiro atoms. The van der Waals surface area contributed by atoms with Crippen molar-refractivity contribution in [2.24, 2.45) is 0 Å². The van der Waals surface area contributed by atoms with E-state index in [1.807, 2.05) is 19.9 Å². The smallest absolute Gasteiger partial charge is 0.306 e. The van der Waals surface area contributed by atoms with Crippen LogP contribution < -0.4 is 0 Å². The zero-order valence-electron chi connectivity index (χ0n) is 13.9. The Morgan fingerprint density at radius 2 is 2.12 bits per heavy atom. The second-order valence-corrected chi connectivity index (χ2v) is 6.08. The van der Waals surface area contributed by atoms with E-state index in [4.69, 9.17) is 9.84 Å². The van der Waals surface area contributed by atoms with Gasteiger partial charge in [-0.2, -0.15) is 5.10 Å². The van der Waals surface area contributed by atoms with Crippen molar-refractivity contribution in [2.45, 2.75) is 33.3 Å². The van der Waals surface area contributed by atoms with Crippen LogP contribution in [0.4, 0.5) is 0 Å². The van der Waals surface area contributed by atoms with Gasteiger partial charge in [0.15, 0.2) is 5.65 Å². The standard InChI is InChI=1S/C16H20N4O4/c1-9-6-10(2)20-15(17-9)14(11(3)18-20)16(23)19-4-5-24-12(8-19)7-13(21)22/h6,12H,4-5,7-8H2,1-3H3,(H,21,22). The first-order chi connectivity index (χ1) is 11.4. The van der Waals surface area contributed by atoms with Gasteiger partial charge < -0.3 is 14.7 Å². The van der Waals surface area contributed by atoms with Gasteiger partial charge in [-0.1, -0.05) is 0 Å². The van der Waals surface area contributed by atoms with Crippen LogP contribution in [0.2, 0.25) is 0 Å². The summed E-state index contributed by atoms with van der Waals surface area (Å²) < 4.78 is 7.10. The molecule has 0 aliphatic carbocycles. The lowest BCUT2D eigenvalue weighted by Crippen LogP contribution is -2.46. The summed E-state index contributed by atoms with van der Waals surface area (Å²) in [5.74, 6) is -1.12. The highest BCUT2D eigenvalue weighted by Gasteiger charge is 2.30. The van der Waals surface area contributed by atoms with Crippen molar-refractivity contribution in [1.82, 2.24) is 19.5 Å². The summed E-state index contributed by atoms with van der Waals surface area (Å²) in [5, 5.41) is 13.3. The van der Waals surface area contributed by atoms with Crippen LogP contribution >= 0.6 is 0 Å². The van der Waals surface area contributed by atoms with E-state index in [9.17, 15) is 9.59 Å². The van der Waals surface area contributed by atoms with E-state index in [0.717, 1.165) is 11.4 Å². The Morgan fingerprint density at radius 3 is 2.83 bits per heavy atom. The van der Waals surface area contributed by atoms with Crippen molar-refractivity contribution in [2.75, 3.05) is 19.7 Å². The van der Waals surface area contributed by atoms with Gasteiger partial charge >= 0.3 is 5.97 Å². The highest BCUT2D eigenvalue weighted by Crippen LogP contribution is 2.20. The lowest BCUT2D eigenvalue weighted by Gasteiger charge is -2.32. The lowest BCUT2D eigenvalue weighted by atomic mass is 10.1. The summed E-state index contributed by atoms with van der Waals surface area (Å²) in [6.45, 7) is 6.59. The summed E-state index contributed by atoms with van der Waals surface area (Å²) >= 11 is 0. The number of carbonyl (C=O) groups is 2. The predicted molar refractivity (Wildman–Crippen MR) is 85.1 cm³/mol. The first kappa shape index (κ1) is 16.4. The zero-order chi connectivity index (χ0) is 17.4. The number of carboxylic acids is 1. The minimum atomic E-state index is -0.936. The van der Waals surface area contributed by atoms with E-state index in [1.165, 1.54) is 0 Å². The van der Waals surface area contributed by atoms with Crippen molar-refractivity contribution < 1.29 is 19.4 Å². The first-order valence-electron chi connectivity index (χ1n) is 7.83. The highest BCUT2D eigenvalue weighted by molar-refractivity contribution is 6.01. The van der Waals surface area contributed by atoms with Crippen molar-refractivity contribution >= 4 is 17.5 Å². The summed E-state index contributed by atoms with van der Waals surface area (Å²) in [5.41, 5.74) is 3.35. The van der Waals surface area contributed by atoms with Gasteiger partial charge in [0, 0.05) is 24.5 Å². The molecule has 0 bridgehead atoms. The molecule has 1 aliphatic heterocycles. The average Bonchev–Trinajstić information content (AvgIpc) is 2.82. The second-order valence-electron chi connectivity index (χ2n) is 6.08. The maximum Gasteiger partial charge on any atom is 0.306 e. The number of hydrogen-bond acceptors (Lipinski definition) is 5. The van der Waals surface area contributed by atoms with Crippen LogP contribution in [0.1, 0.15) is 33.9 Å². The topological polar surface area (TPSA) is 97.0 Å². The number of carboxylic acid groups (broad SMARTS) is 1. The van der Waals surface area contributed by atoms with Crippen molar-refractivity contribution in [3.63, 3.8) is 0 Å². The Hall–Kier alpha value is -2.48. The van der Waals surface area contributed by atoms with Gasteiger partial charge in [-0.05, 0) is 26.8 Å².